The predicted octanol–water partition coefficient (Wildman–Crippen LogP) is 4.28. The summed E-state index contributed by atoms with van der Waals surface area (Å²) in [4.78, 5) is 4.37. The molecule has 25 heavy (non-hydrogen) atoms. The monoisotopic (exact) mass is 334 g/mol. The second-order valence-corrected chi connectivity index (χ2v) is 9.10. The second-order valence-electron chi connectivity index (χ2n) is 9.10. The van der Waals surface area contributed by atoms with Crippen molar-refractivity contribution in [3.63, 3.8) is 0 Å². The van der Waals surface area contributed by atoms with Gasteiger partial charge in [0, 0.05) is 5.56 Å². The molecule has 5 aliphatic rings. The molecule has 1 N–H and O–H groups in total. The van der Waals surface area contributed by atoms with Crippen molar-refractivity contribution in [1.29, 1.82) is 0 Å². The Kier molecular flexibility index (Phi) is 3.03. The van der Waals surface area contributed by atoms with E-state index >= 15 is 0 Å². The minimum atomic E-state index is -0.179. The number of aromatic nitrogens is 2. The van der Waals surface area contributed by atoms with Gasteiger partial charge in [-0.15, -0.1) is 0 Å². The number of hydrogen-bond donors (Lipinski definition) is 1. The minimum Gasteiger partial charge on any atom is -0.393 e. The van der Waals surface area contributed by atoms with Crippen LogP contribution in [0.4, 0.5) is 0 Å². The van der Waals surface area contributed by atoms with Crippen LogP contribution in [0.3, 0.4) is 0 Å². The number of rotatable bonds is 3. The summed E-state index contributed by atoms with van der Waals surface area (Å²) in [5, 5.41) is 11.3. The summed E-state index contributed by atoms with van der Waals surface area (Å²) >= 11 is 0. The average Bonchev–Trinajstić information content (AvgIpc) is 3.17. The maximum atomic E-state index is 11.3. The van der Waals surface area contributed by atoms with E-state index in [1.165, 1.54) is 48.9 Å². The largest absolute Gasteiger partial charge is 0.393 e. The number of aliphatic hydroxyl groups excluding tert-OH is 1. The molecule has 130 valence electrons. The van der Waals surface area contributed by atoms with Crippen molar-refractivity contribution >= 4 is 0 Å². The van der Waals surface area contributed by atoms with Crippen LogP contribution in [0.5, 0.6) is 0 Å². The molecular weight excluding hydrogens is 308 g/mol. The molecule has 1 aromatic carbocycles. The lowest BCUT2D eigenvalue weighted by atomic mass is 9.50. The van der Waals surface area contributed by atoms with Crippen LogP contribution in [0, 0.1) is 29.6 Å². The van der Waals surface area contributed by atoms with E-state index in [0.29, 0.717) is 5.92 Å². The number of fused-ring (bicyclic) bond motifs is 3. The van der Waals surface area contributed by atoms with Crippen molar-refractivity contribution in [2.75, 3.05) is 0 Å². The fraction of sp³-hybridized carbons (Fsp3) is 0.591. The van der Waals surface area contributed by atoms with Crippen molar-refractivity contribution in [3.8, 4) is 11.3 Å². The molecule has 4 saturated carbocycles. The summed E-state index contributed by atoms with van der Waals surface area (Å²) < 4.78 is 2.28. The zero-order valence-electron chi connectivity index (χ0n) is 14.6. The van der Waals surface area contributed by atoms with Gasteiger partial charge in [-0.3, -0.25) is 0 Å². The standard InChI is InChI=1S/C22H26N2O/c25-21(22-15-6-13-5-14(8-15)9-16(22)7-13)10-19-17-3-1-2-4-18(17)20-11-23-12-24(19)20/h1-4,11-16,19,21-22,25H,5-10H2/t13?,14?,15?,16?,19-,21-,22?/m1/s1. The maximum absolute atomic E-state index is 11.3. The van der Waals surface area contributed by atoms with Crippen LogP contribution in [0.1, 0.15) is 50.1 Å². The first-order valence-corrected chi connectivity index (χ1v) is 10.1. The Labute approximate surface area is 149 Å². The van der Waals surface area contributed by atoms with E-state index < -0.39 is 0 Å². The van der Waals surface area contributed by atoms with Gasteiger partial charge in [-0.05, 0) is 73.7 Å². The fourth-order valence-electron chi connectivity index (χ4n) is 7.15. The molecule has 1 aliphatic heterocycles. The number of nitrogens with zero attached hydrogens (tertiary/aromatic N) is 2. The van der Waals surface area contributed by atoms with E-state index in [4.69, 9.17) is 0 Å². The molecule has 4 bridgehead atoms. The number of aliphatic hydroxyl groups is 1. The molecule has 0 radical (unpaired) electrons. The molecule has 3 nitrogen and oxygen atoms in total. The Morgan fingerprint density at radius 2 is 1.76 bits per heavy atom. The third kappa shape index (κ3) is 2.05. The third-order valence-electron chi connectivity index (χ3n) is 7.81. The van der Waals surface area contributed by atoms with Gasteiger partial charge in [0.2, 0.25) is 0 Å². The summed E-state index contributed by atoms with van der Waals surface area (Å²) in [5.74, 6) is 4.04. The predicted molar refractivity (Wildman–Crippen MR) is 97.0 cm³/mol. The zero-order valence-corrected chi connectivity index (χ0v) is 14.6. The van der Waals surface area contributed by atoms with Crippen LogP contribution < -0.4 is 0 Å². The molecule has 4 aliphatic carbocycles. The lowest BCUT2D eigenvalue weighted by molar-refractivity contribution is -0.0930. The summed E-state index contributed by atoms with van der Waals surface area (Å²) in [7, 11) is 0. The van der Waals surface area contributed by atoms with Crippen LogP contribution in [0.15, 0.2) is 36.8 Å². The molecule has 2 aromatic rings. The van der Waals surface area contributed by atoms with E-state index in [9.17, 15) is 5.11 Å². The van der Waals surface area contributed by atoms with Crippen molar-refractivity contribution in [2.24, 2.45) is 29.6 Å². The molecule has 0 amide bonds. The van der Waals surface area contributed by atoms with E-state index in [2.05, 4.69) is 33.8 Å². The molecule has 0 spiro atoms. The molecular formula is C22H26N2O. The van der Waals surface area contributed by atoms with Gasteiger partial charge < -0.3 is 9.67 Å². The quantitative estimate of drug-likeness (QED) is 0.910. The summed E-state index contributed by atoms with van der Waals surface area (Å²) in [6.45, 7) is 0. The molecule has 4 fully saturated rings. The molecule has 0 unspecified atom stereocenters. The molecule has 7 rings (SSSR count). The number of hydrogen-bond acceptors (Lipinski definition) is 2. The van der Waals surface area contributed by atoms with E-state index in [1.807, 2.05) is 12.5 Å². The number of imidazole rings is 1. The van der Waals surface area contributed by atoms with Gasteiger partial charge in [-0.25, -0.2) is 4.98 Å². The third-order valence-corrected chi connectivity index (χ3v) is 7.81. The van der Waals surface area contributed by atoms with Crippen LogP contribution in [-0.2, 0) is 0 Å². The summed E-state index contributed by atoms with van der Waals surface area (Å²) in [6.07, 6.45) is 11.6. The first-order chi connectivity index (χ1) is 12.3. The van der Waals surface area contributed by atoms with Gasteiger partial charge in [0.15, 0.2) is 0 Å². The van der Waals surface area contributed by atoms with Crippen LogP contribution in [0.2, 0.25) is 0 Å². The topological polar surface area (TPSA) is 38.1 Å². The highest BCUT2D eigenvalue weighted by atomic mass is 16.3. The Balaban J connectivity index is 1.30. The van der Waals surface area contributed by atoms with Crippen LogP contribution >= 0.6 is 0 Å². The highest BCUT2D eigenvalue weighted by molar-refractivity contribution is 5.68. The first-order valence-electron chi connectivity index (χ1n) is 10.1. The first kappa shape index (κ1) is 14.5. The molecule has 2 heterocycles. The smallest absolute Gasteiger partial charge is 0.0956 e. The molecule has 1 aromatic heterocycles. The number of benzene rings is 1. The Bertz CT molecular complexity index is 782. The van der Waals surface area contributed by atoms with Gasteiger partial charge in [0.05, 0.1) is 30.4 Å². The maximum Gasteiger partial charge on any atom is 0.0956 e. The zero-order chi connectivity index (χ0) is 16.5. The molecule has 3 heteroatoms. The van der Waals surface area contributed by atoms with Crippen molar-refractivity contribution < 1.29 is 5.11 Å². The highest BCUT2D eigenvalue weighted by Crippen LogP contribution is 2.58. The van der Waals surface area contributed by atoms with E-state index in [-0.39, 0.29) is 12.1 Å². The highest BCUT2D eigenvalue weighted by Gasteiger charge is 2.50. The average molecular weight is 334 g/mol. The van der Waals surface area contributed by atoms with Gasteiger partial charge in [-0.2, -0.15) is 0 Å². The SMILES string of the molecule is O[C@H](C[C@@H]1c2ccccc2-c2cncn21)C1C2CC3CC(C2)CC1C3. The Morgan fingerprint density at radius 1 is 1.04 bits per heavy atom. The Morgan fingerprint density at radius 3 is 2.52 bits per heavy atom. The lowest BCUT2D eigenvalue weighted by Gasteiger charge is -2.55. The van der Waals surface area contributed by atoms with Crippen LogP contribution in [-0.4, -0.2) is 20.8 Å². The van der Waals surface area contributed by atoms with Gasteiger partial charge >= 0.3 is 0 Å². The molecule has 2 atom stereocenters. The summed E-state index contributed by atoms with van der Waals surface area (Å²) in [5.41, 5.74) is 3.86. The minimum absolute atomic E-state index is 0.179. The second kappa shape index (κ2) is 5.20. The van der Waals surface area contributed by atoms with Crippen molar-refractivity contribution in [3.05, 3.63) is 42.4 Å². The van der Waals surface area contributed by atoms with E-state index in [1.54, 1.807) is 0 Å². The lowest BCUT2D eigenvalue weighted by Crippen LogP contribution is -2.49. The Hall–Kier alpha value is -1.61. The van der Waals surface area contributed by atoms with Gasteiger partial charge in [0.25, 0.3) is 0 Å². The van der Waals surface area contributed by atoms with Crippen LogP contribution in [0.25, 0.3) is 11.3 Å². The van der Waals surface area contributed by atoms with Crippen molar-refractivity contribution in [2.45, 2.75) is 50.7 Å². The normalized spacial score (nSPS) is 38.6. The van der Waals surface area contributed by atoms with Crippen molar-refractivity contribution in [1.82, 2.24) is 9.55 Å². The fourth-order valence-corrected chi connectivity index (χ4v) is 7.15. The van der Waals surface area contributed by atoms with Gasteiger partial charge in [0.1, 0.15) is 0 Å². The van der Waals surface area contributed by atoms with E-state index in [0.717, 1.165) is 30.1 Å². The molecule has 0 saturated heterocycles. The summed E-state index contributed by atoms with van der Waals surface area (Å²) in [6, 6.07) is 8.91. The van der Waals surface area contributed by atoms with Gasteiger partial charge in [-0.1, -0.05) is 24.3 Å².